The van der Waals surface area contributed by atoms with Crippen molar-refractivity contribution >= 4 is 17.5 Å². The van der Waals surface area contributed by atoms with E-state index in [9.17, 15) is 9.90 Å². The van der Waals surface area contributed by atoms with Crippen LogP contribution in [0.25, 0.3) is 5.70 Å². The molecule has 0 spiro atoms. The summed E-state index contributed by atoms with van der Waals surface area (Å²) in [5.41, 5.74) is 5.63. The third-order valence-electron chi connectivity index (χ3n) is 5.52. The molecule has 9 heteroatoms. The molecule has 2 rings (SSSR count). The maximum absolute atomic E-state index is 11.2. The molecule has 1 heterocycles. The number of nitrogens with one attached hydrogen (secondary N) is 1. The Kier molecular flexibility index (Phi) is 11.7. The standard InChI is InChI=1S/C28H40N4O5/c1-7-8-21-12-22(10-18(4)27(21)36-16-25(34)14-30-26(35)15-33)20(6)32-28(37-29)23-11-19(5)31-24(13-23)9-17(2)3/h10-13,17,25,33-34H,6-9,14-16,29H2,1-5H3,(H,30,35)/t25-/m0/s1. The number of aliphatic hydroxyl groups is 2. The maximum atomic E-state index is 11.2. The second-order valence-corrected chi connectivity index (χ2v) is 9.53. The van der Waals surface area contributed by atoms with Crippen molar-refractivity contribution in [2.75, 3.05) is 19.8 Å². The minimum atomic E-state index is -0.919. The summed E-state index contributed by atoms with van der Waals surface area (Å²) in [4.78, 5) is 25.5. The first-order valence-corrected chi connectivity index (χ1v) is 12.5. The van der Waals surface area contributed by atoms with Gasteiger partial charge in [0.15, 0.2) is 0 Å². The molecule has 0 aliphatic heterocycles. The van der Waals surface area contributed by atoms with Gasteiger partial charge in [0, 0.05) is 29.1 Å². The molecule has 0 radical (unpaired) electrons. The number of hydrogen-bond acceptors (Lipinski definition) is 8. The van der Waals surface area contributed by atoms with Crippen molar-refractivity contribution in [2.24, 2.45) is 16.8 Å². The quantitative estimate of drug-likeness (QED) is 0.184. The lowest BCUT2D eigenvalue weighted by atomic mass is 10.00. The van der Waals surface area contributed by atoms with E-state index in [1.54, 1.807) is 0 Å². The van der Waals surface area contributed by atoms with Gasteiger partial charge >= 0.3 is 0 Å². The Balaban J connectivity index is 2.29. The number of aliphatic imine (C=N–C) groups is 1. The number of nitrogens with two attached hydrogens (primary N) is 1. The first-order chi connectivity index (χ1) is 17.6. The zero-order valence-electron chi connectivity index (χ0n) is 22.5. The molecule has 9 nitrogen and oxygen atoms in total. The van der Waals surface area contributed by atoms with Crippen molar-refractivity contribution < 1.29 is 24.6 Å². The number of benzene rings is 1. The number of pyridine rings is 1. The van der Waals surface area contributed by atoms with E-state index in [0.29, 0.717) is 17.4 Å². The highest BCUT2D eigenvalue weighted by Crippen LogP contribution is 2.30. The van der Waals surface area contributed by atoms with Crippen LogP contribution in [0.4, 0.5) is 0 Å². The fraction of sp³-hybridized carbons (Fsp3) is 0.464. The summed E-state index contributed by atoms with van der Waals surface area (Å²) in [5.74, 6) is 6.44. The second-order valence-electron chi connectivity index (χ2n) is 9.53. The summed E-state index contributed by atoms with van der Waals surface area (Å²) in [7, 11) is 0. The maximum Gasteiger partial charge on any atom is 0.245 e. The SMILES string of the molecule is C=C(N=C(ON)c1cc(C)nc(CC(C)C)c1)c1cc(C)c(OC[C@@H](O)CNC(=O)CO)c(CCC)c1. The molecule has 5 N–H and O–H groups in total. The van der Waals surface area contributed by atoms with E-state index in [2.05, 4.69) is 42.6 Å². The van der Waals surface area contributed by atoms with Crippen molar-refractivity contribution in [3.05, 3.63) is 64.5 Å². The number of aliphatic hydroxyl groups excluding tert-OH is 2. The van der Waals surface area contributed by atoms with E-state index in [4.69, 9.17) is 20.6 Å². The Morgan fingerprint density at radius 1 is 1.22 bits per heavy atom. The van der Waals surface area contributed by atoms with Crippen LogP contribution in [-0.2, 0) is 22.5 Å². The van der Waals surface area contributed by atoms with Gasteiger partial charge in [-0.2, -0.15) is 5.90 Å². The fourth-order valence-electron chi connectivity index (χ4n) is 3.93. The number of rotatable bonds is 13. The molecule has 1 atom stereocenters. The highest BCUT2D eigenvalue weighted by molar-refractivity contribution is 5.97. The smallest absolute Gasteiger partial charge is 0.245 e. The van der Waals surface area contributed by atoms with Crippen molar-refractivity contribution in [3.8, 4) is 5.75 Å². The van der Waals surface area contributed by atoms with Gasteiger partial charge in [-0.05, 0) is 68.0 Å². The van der Waals surface area contributed by atoms with Crippen molar-refractivity contribution in [1.29, 1.82) is 0 Å². The van der Waals surface area contributed by atoms with Crippen molar-refractivity contribution in [2.45, 2.75) is 60.0 Å². The number of aromatic nitrogens is 1. The number of hydrogen-bond donors (Lipinski definition) is 4. The Morgan fingerprint density at radius 2 is 1.95 bits per heavy atom. The van der Waals surface area contributed by atoms with E-state index in [-0.39, 0.29) is 19.0 Å². The van der Waals surface area contributed by atoms with Crippen LogP contribution in [0.15, 0.2) is 35.8 Å². The summed E-state index contributed by atoms with van der Waals surface area (Å²) in [6, 6.07) is 7.69. The zero-order valence-corrected chi connectivity index (χ0v) is 22.5. The highest BCUT2D eigenvalue weighted by atomic mass is 16.6. The Bertz CT molecular complexity index is 1110. The average Bonchev–Trinajstić information content (AvgIpc) is 2.84. The van der Waals surface area contributed by atoms with Crippen LogP contribution in [0, 0.1) is 19.8 Å². The van der Waals surface area contributed by atoms with E-state index in [0.717, 1.165) is 52.9 Å². The lowest BCUT2D eigenvalue weighted by Gasteiger charge is -2.18. The number of aryl methyl sites for hydroxylation is 3. The van der Waals surface area contributed by atoms with Gasteiger partial charge in [0.1, 0.15) is 25.1 Å². The van der Waals surface area contributed by atoms with Gasteiger partial charge in [-0.15, -0.1) is 0 Å². The third kappa shape index (κ3) is 9.27. The molecule has 0 saturated carbocycles. The molecule has 202 valence electrons. The Hall–Kier alpha value is -3.27. The Labute approximate surface area is 219 Å². The van der Waals surface area contributed by atoms with Crippen molar-refractivity contribution in [1.82, 2.24) is 10.3 Å². The van der Waals surface area contributed by atoms with Crippen LogP contribution in [0.5, 0.6) is 5.75 Å². The van der Waals surface area contributed by atoms with Gasteiger partial charge in [0.05, 0.1) is 5.70 Å². The van der Waals surface area contributed by atoms with Gasteiger partial charge in [-0.3, -0.25) is 9.78 Å². The van der Waals surface area contributed by atoms with E-state index < -0.39 is 18.6 Å². The molecule has 37 heavy (non-hydrogen) atoms. The van der Waals surface area contributed by atoms with Crippen molar-refractivity contribution in [3.63, 3.8) is 0 Å². The predicted molar refractivity (Wildman–Crippen MR) is 145 cm³/mol. The normalized spacial score (nSPS) is 12.4. The number of carbonyl (C=O) groups is 1. The molecule has 0 fully saturated rings. The largest absolute Gasteiger partial charge is 0.490 e. The number of nitrogens with zero attached hydrogens (tertiary/aromatic N) is 2. The first kappa shape index (κ1) is 30.0. The summed E-state index contributed by atoms with van der Waals surface area (Å²) >= 11 is 0. The monoisotopic (exact) mass is 512 g/mol. The summed E-state index contributed by atoms with van der Waals surface area (Å²) < 4.78 is 5.93. The predicted octanol–water partition coefficient (Wildman–Crippen LogP) is 3.01. The van der Waals surface area contributed by atoms with Gasteiger partial charge in [-0.1, -0.05) is 33.8 Å². The minimum absolute atomic E-state index is 0.00697. The zero-order chi connectivity index (χ0) is 27.5. The average molecular weight is 513 g/mol. The minimum Gasteiger partial charge on any atom is -0.490 e. The van der Waals surface area contributed by atoms with Gasteiger partial charge in [0.25, 0.3) is 0 Å². The lowest BCUT2D eigenvalue weighted by molar-refractivity contribution is -0.124. The summed E-state index contributed by atoms with van der Waals surface area (Å²) in [6.07, 6.45) is 1.55. The van der Waals surface area contributed by atoms with Crippen LogP contribution in [-0.4, -0.2) is 52.9 Å². The molecule has 1 aromatic heterocycles. The summed E-state index contributed by atoms with van der Waals surface area (Å²) in [6.45, 7) is 13.7. The molecule has 0 unspecified atom stereocenters. The van der Waals surface area contributed by atoms with Gasteiger partial charge in [-0.25, -0.2) is 4.99 Å². The molecule has 0 aliphatic carbocycles. The number of carbonyl (C=O) groups excluding carboxylic acids is 1. The van der Waals surface area contributed by atoms with Crippen LogP contribution in [0.2, 0.25) is 0 Å². The summed E-state index contributed by atoms with van der Waals surface area (Å²) in [5, 5.41) is 21.4. The number of ether oxygens (including phenoxy) is 1. The van der Waals surface area contributed by atoms with E-state index in [1.807, 2.05) is 38.1 Å². The molecule has 1 amide bonds. The molecule has 0 saturated heterocycles. The molecular weight excluding hydrogens is 472 g/mol. The van der Waals surface area contributed by atoms with Crippen LogP contribution in [0.3, 0.4) is 0 Å². The fourth-order valence-corrected chi connectivity index (χ4v) is 3.93. The van der Waals surface area contributed by atoms with Crippen LogP contribution < -0.4 is 16.0 Å². The van der Waals surface area contributed by atoms with E-state index >= 15 is 0 Å². The van der Waals surface area contributed by atoms with Gasteiger partial charge < -0.3 is 25.1 Å². The van der Waals surface area contributed by atoms with Gasteiger partial charge in [0.2, 0.25) is 11.8 Å². The first-order valence-electron chi connectivity index (χ1n) is 12.5. The number of amides is 1. The Morgan fingerprint density at radius 3 is 2.57 bits per heavy atom. The molecule has 2 aromatic rings. The third-order valence-corrected chi connectivity index (χ3v) is 5.52. The lowest BCUT2D eigenvalue weighted by Crippen LogP contribution is -2.36. The van der Waals surface area contributed by atoms with Crippen LogP contribution >= 0.6 is 0 Å². The second kappa shape index (κ2) is 14.5. The van der Waals surface area contributed by atoms with E-state index in [1.165, 1.54) is 0 Å². The molecule has 0 aliphatic rings. The topological polar surface area (TPSA) is 139 Å². The highest BCUT2D eigenvalue weighted by Gasteiger charge is 2.15. The molecule has 0 bridgehead atoms. The molecule has 1 aromatic carbocycles. The molecular formula is C28H40N4O5. The van der Waals surface area contributed by atoms with Crippen LogP contribution in [0.1, 0.15) is 60.8 Å².